The van der Waals surface area contributed by atoms with E-state index in [9.17, 15) is 0 Å². The predicted molar refractivity (Wildman–Crippen MR) is 86.8 cm³/mol. The summed E-state index contributed by atoms with van der Waals surface area (Å²) >= 11 is 9.75. The van der Waals surface area contributed by atoms with Crippen molar-refractivity contribution >= 4 is 27.5 Å². The van der Waals surface area contributed by atoms with Crippen molar-refractivity contribution in [1.82, 2.24) is 5.32 Å². The van der Waals surface area contributed by atoms with Crippen LogP contribution >= 0.6 is 27.5 Å². The van der Waals surface area contributed by atoms with Gasteiger partial charge in [-0.1, -0.05) is 27.5 Å². The second kappa shape index (κ2) is 5.30. The maximum absolute atomic E-state index is 6.11. The van der Waals surface area contributed by atoms with Crippen LogP contribution in [0.25, 0.3) is 0 Å². The topological polar surface area (TPSA) is 12.0 Å². The fraction of sp³-hybridized carbons (Fsp3) is 0.647. The molecule has 0 unspecified atom stereocenters. The van der Waals surface area contributed by atoms with Crippen molar-refractivity contribution in [3.8, 4) is 0 Å². The first kappa shape index (κ1) is 13.6. The van der Waals surface area contributed by atoms with E-state index >= 15 is 0 Å². The van der Waals surface area contributed by atoms with Crippen molar-refractivity contribution < 1.29 is 0 Å². The molecule has 20 heavy (non-hydrogen) atoms. The molecule has 0 aromatic heterocycles. The molecule has 1 aromatic rings. The van der Waals surface area contributed by atoms with Gasteiger partial charge in [0.1, 0.15) is 0 Å². The van der Waals surface area contributed by atoms with Gasteiger partial charge in [0.2, 0.25) is 0 Å². The summed E-state index contributed by atoms with van der Waals surface area (Å²) in [4.78, 5) is 0. The lowest BCUT2D eigenvalue weighted by atomic mass is 9.54. The van der Waals surface area contributed by atoms with E-state index in [1.54, 1.807) is 0 Å². The largest absolute Gasteiger partial charge is 0.309 e. The molecule has 4 fully saturated rings. The number of hydrogen-bond donors (Lipinski definition) is 1. The molecule has 1 nitrogen and oxygen atoms in total. The van der Waals surface area contributed by atoms with E-state index in [-0.39, 0.29) is 0 Å². The van der Waals surface area contributed by atoms with Crippen molar-refractivity contribution in [2.24, 2.45) is 23.7 Å². The second-order valence-corrected chi connectivity index (χ2v) is 8.36. The first-order chi connectivity index (χ1) is 9.69. The van der Waals surface area contributed by atoms with Crippen LogP contribution in [0.15, 0.2) is 22.7 Å². The van der Waals surface area contributed by atoms with Crippen LogP contribution < -0.4 is 5.32 Å². The van der Waals surface area contributed by atoms with Gasteiger partial charge in [-0.2, -0.15) is 0 Å². The molecule has 0 aliphatic heterocycles. The van der Waals surface area contributed by atoms with Gasteiger partial charge in [0.25, 0.3) is 0 Å². The second-order valence-electron chi connectivity index (χ2n) is 7.07. The summed E-state index contributed by atoms with van der Waals surface area (Å²) in [6, 6.07) is 6.82. The minimum absolute atomic E-state index is 0.744. The standard InChI is InChI=1S/C17H21BrClN/c18-16-2-1-15(19)8-14(16)9-20-17-12-4-10-3-11(6-12)7-13(17)5-10/h1-2,8,10-13,17,20H,3-7,9H2. The Hall–Kier alpha value is -0.0500. The summed E-state index contributed by atoms with van der Waals surface area (Å²) in [6.07, 6.45) is 7.42. The number of hydrogen-bond acceptors (Lipinski definition) is 1. The molecule has 0 atom stereocenters. The number of rotatable bonds is 3. The first-order valence-electron chi connectivity index (χ1n) is 7.86. The molecule has 4 aliphatic rings. The average molecular weight is 355 g/mol. The Kier molecular flexibility index (Phi) is 3.60. The van der Waals surface area contributed by atoms with E-state index < -0.39 is 0 Å². The highest BCUT2D eigenvalue weighted by molar-refractivity contribution is 9.10. The van der Waals surface area contributed by atoms with Gasteiger partial charge in [0, 0.05) is 22.1 Å². The minimum atomic E-state index is 0.744. The first-order valence-corrected chi connectivity index (χ1v) is 9.03. The lowest BCUT2D eigenvalue weighted by molar-refractivity contribution is -0.0142. The summed E-state index contributed by atoms with van der Waals surface area (Å²) in [6.45, 7) is 0.939. The molecule has 1 aromatic carbocycles. The van der Waals surface area contributed by atoms with Gasteiger partial charge in [0.05, 0.1) is 0 Å². The molecule has 3 heteroatoms. The zero-order valence-electron chi connectivity index (χ0n) is 11.6. The Morgan fingerprint density at radius 2 is 1.70 bits per heavy atom. The molecule has 1 N–H and O–H groups in total. The molecule has 0 radical (unpaired) electrons. The quantitative estimate of drug-likeness (QED) is 0.804. The highest BCUT2D eigenvalue weighted by atomic mass is 79.9. The van der Waals surface area contributed by atoms with Crippen LogP contribution in [0.5, 0.6) is 0 Å². The fourth-order valence-corrected chi connectivity index (χ4v) is 5.75. The SMILES string of the molecule is Clc1ccc(Br)c(CNC2C3CC4CC(C3)CC2C4)c1. The molecule has 4 bridgehead atoms. The Balaban J connectivity index is 1.46. The van der Waals surface area contributed by atoms with Crippen molar-refractivity contribution in [3.63, 3.8) is 0 Å². The lowest BCUT2D eigenvalue weighted by Gasteiger charge is -2.54. The summed E-state index contributed by atoms with van der Waals surface area (Å²) < 4.78 is 1.17. The third kappa shape index (κ3) is 2.44. The van der Waals surface area contributed by atoms with Gasteiger partial charge in [-0.3, -0.25) is 0 Å². The minimum Gasteiger partial charge on any atom is -0.309 e. The summed E-state index contributed by atoms with van der Waals surface area (Å²) in [7, 11) is 0. The van der Waals surface area contributed by atoms with Crippen molar-refractivity contribution in [2.75, 3.05) is 0 Å². The number of benzene rings is 1. The third-order valence-corrected chi connectivity index (χ3v) is 6.77. The van der Waals surface area contributed by atoms with E-state index in [0.29, 0.717) is 0 Å². The molecule has 0 amide bonds. The van der Waals surface area contributed by atoms with Crippen molar-refractivity contribution in [3.05, 3.63) is 33.3 Å². The van der Waals surface area contributed by atoms with Gasteiger partial charge in [-0.15, -0.1) is 0 Å². The molecule has 0 spiro atoms. The number of nitrogens with one attached hydrogen (secondary N) is 1. The predicted octanol–water partition coefficient (Wildman–Crippen LogP) is 5.02. The van der Waals surface area contributed by atoms with Crippen LogP contribution in [0, 0.1) is 23.7 Å². The van der Waals surface area contributed by atoms with Crippen LogP contribution in [0.3, 0.4) is 0 Å². The van der Waals surface area contributed by atoms with E-state index in [0.717, 1.165) is 41.3 Å². The van der Waals surface area contributed by atoms with E-state index in [1.165, 1.54) is 42.1 Å². The maximum atomic E-state index is 6.11. The van der Waals surface area contributed by atoms with Gasteiger partial charge >= 0.3 is 0 Å². The van der Waals surface area contributed by atoms with Crippen LogP contribution in [-0.4, -0.2) is 6.04 Å². The summed E-state index contributed by atoms with van der Waals surface area (Å²) in [5.74, 6) is 3.97. The molecule has 4 saturated carbocycles. The molecule has 0 saturated heterocycles. The van der Waals surface area contributed by atoms with Gasteiger partial charge in [0.15, 0.2) is 0 Å². The Labute approximate surface area is 134 Å². The summed E-state index contributed by atoms with van der Waals surface area (Å²) in [5.41, 5.74) is 1.28. The Morgan fingerprint density at radius 1 is 1.05 bits per heavy atom. The highest BCUT2D eigenvalue weighted by Crippen LogP contribution is 2.53. The van der Waals surface area contributed by atoms with E-state index in [1.807, 2.05) is 6.07 Å². The molecule has 5 rings (SSSR count). The maximum Gasteiger partial charge on any atom is 0.0410 e. The zero-order valence-corrected chi connectivity index (χ0v) is 14.0. The Bertz CT molecular complexity index is 488. The van der Waals surface area contributed by atoms with Crippen LogP contribution in [0.1, 0.15) is 37.7 Å². The monoisotopic (exact) mass is 353 g/mol. The fourth-order valence-electron chi connectivity index (χ4n) is 5.17. The lowest BCUT2D eigenvalue weighted by Crippen LogP contribution is -2.54. The zero-order chi connectivity index (χ0) is 13.7. The third-order valence-electron chi connectivity index (χ3n) is 5.76. The normalized spacial score (nSPS) is 38.4. The van der Waals surface area contributed by atoms with Gasteiger partial charge in [-0.25, -0.2) is 0 Å². The summed E-state index contributed by atoms with van der Waals surface area (Å²) in [5, 5.41) is 4.69. The van der Waals surface area contributed by atoms with Crippen LogP contribution in [0.4, 0.5) is 0 Å². The van der Waals surface area contributed by atoms with Crippen LogP contribution in [-0.2, 0) is 6.54 Å². The highest BCUT2D eigenvalue weighted by Gasteiger charge is 2.47. The molecule has 0 heterocycles. The van der Waals surface area contributed by atoms with E-state index in [2.05, 4.69) is 33.4 Å². The average Bonchev–Trinajstić information content (AvgIpc) is 2.41. The van der Waals surface area contributed by atoms with Crippen LogP contribution in [0.2, 0.25) is 5.02 Å². The van der Waals surface area contributed by atoms with Crippen molar-refractivity contribution in [2.45, 2.75) is 44.7 Å². The molecule has 108 valence electrons. The van der Waals surface area contributed by atoms with Crippen molar-refractivity contribution in [1.29, 1.82) is 0 Å². The molecule has 4 aliphatic carbocycles. The Morgan fingerprint density at radius 3 is 2.35 bits per heavy atom. The smallest absolute Gasteiger partial charge is 0.0410 e. The van der Waals surface area contributed by atoms with Gasteiger partial charge < -0.3 is 5.32 Å². The van der Waals surface area contributed by atoms with Gasteiger partial charge in [-0.05, 0) is 79.5 Å². The molecular formula is C17H21BrClN. The molecular weight excluding hydrogens is 334 g/mol. The number of halogens is 2. The van der Waals surface area contributed by atoms with E-state index in [4.69, 9.17) is 11.6 Å².